The third kappa shape index (κ3) is 6.68. The van der Waals surface area contributed by atoms with Crippen molar-refractivity contribution in [3.8, 4) is 78.9 Å². The Morgan fingerprint density at radius 2 is 0.706 bits per heavy atom. The molecule has 3 heterocycles. The predicted octanol–water partition coefficient (Wildman–Crippen LogP) is 16.1. The molecular weight excluding hydrogens is 827 g/mol. The van der Waals surface area contributed by atoms with E-state index in [1.165, 1.54) is 10.8 Å². The second kappa shape index (κ2) is 16.4. The summed E-state index contributed by atoms with van der Waals surface area (Å²) < 4.78 is 4.83. The Morgan fingerprint density at radius 3 is 1.28 bits per heavy atom. The van der Waals surface area contributed by atoms with Crippen molar-refractivity contribution < 1.29 is 0 Å². The number of fused-ring (bicyclic) bond motifs is 6. The highest BCUT2D eigenvalue weighted by Crippen LogP contribution is 2.43. The third-order valence-electron chi connectivity index (χ3n) is 13.2. The second-order valence-electron chi connectivity index (χ2n) is 17.2. The molecule has 0 amide bonds. The minimum absolute atomic E-state index is 0.582. The number of nitrogens with zero attached hydrogens (tertiary/aromatic N) is 5. The topological polar surface area (TPSA) is 48.5 Å². The van der Waals surface area contributed by atoms with Crippen molar-refractivity contribution in [1.29, 1.82) is 0 Å². The van der Waals surface area contributed by atoms with Gasteiger partial charge in [0.05, 0.1) is 27.8 Å². The van der Waals surface area contributed by atoms with Crippen LogP contribution in [0.5, 0.6) is 0 Å². The van der Waals surface area contributed by atoms with Gasteiger partial charge in [0.15, 0.2) is 17.5 Å². The Hall–Kier alpha value is -9.19. The summed E-state index contributed by atoms with van der Waals surface area (Å²) in [5, 5.41) is 4.72. The highest BCUT2D eigenvalue weighted by molar-refractivity contribution is 6.15. The van der Waals surface area contributed by atoms with Gasteiger partial charge in [-0.3, -0.25) is 0 Å². The van der Waals surface area contributed by atoms with Gasteiger partial charge in [-0.05, 0) is 70.3 Å². The van der Waals surface area contributed by atoms with Crippen LogP contribution in [-0.2, 0) is 0 Å². The molecular formula is C63H41N5. The summed E-state index contributed by atoms with van der Waals surface area (Å²) >= 11 is 0. The van der Waals surface area contributed by atoms with Gasteiger partial charge in [-0.15, -0.1) is 0 Å². The SMILES string of the molecule is c1ccc(-c2ccc3c4ccc(-c5ccccc5)cc4n(-c4ccc(-c5cccc6c7ccccc7n(-c7ccccc7)c56)cc4-c4nc(-c5ccccc5)nc(-c5ccccc5)n4)c3c2)cc1. The summed E-state index contributed by atoms with van der Waals surface area (Å²) in [5.74, 6) is 1.80. The highest BCUT2D eigenvalue weighted by atomic mass is 15.1. The first kappa shape index (κ1) is 39.2. The van der Waals surface area contributed by atoms with Crippen molar-refractivity contribution in [2.45, 2.75) is 0 Å². The number of hydrogen-bond acceptors (Lipinski definition) is 3. The van der Waals surface area contributed by atoms with Gasteiger partial charge in [-0.2, -0.15) is 0 Å². The van der Waals surface area contributed by atoms with Crippen LogP contribution in [0.3, 0.4) is 0 Å². The summed E-state index contributed by atoms with van der Waals surface area (Å²) in [6.07, 6.45) is 0. The molecule has 68 heavy (non-hydrogen) atoms. The van der Waals surface area contributed by atoms with Crippen molar-refractivity contribution in [2.24, 2.45) is 0 Å². The molecule has 0 atom stereocenters. The van der Waals surface area contributed by atoms with E-state index in [0.717, 1.165) is 94.3 Å². The van der Waals surface area contributed by atoms with E-state index in [1.807, 2.05) is 36.4 Å². The number of aromatic nitrogens is 5. The molecule has 3 aromatic heterocycles. The molecule has 0 saturated heterocycles. The lowest BCUT2D eigenvalue weighted by Crippen LogP contribution is -2.04. The zero-order valence-corrected chi connectivity index (χ0v) is 36.9. The van der Waals surface area contributed by atoms with Crippen molar-refractivity contribution in [2.75, 3.05) is 0 Å². The maximum atomic E-state index is 5.42. The van der Waals surface area contributed by atoms with Crippen LogP contribution in [-0.4, -0.2) is 24.1 Å². The maximum Gasteiger partial charge on any atom is 0.166 e. The number of hydrogen-bond donors (Lipinski definition) is 0. The lowest BCUT2D eigenvalue weighted by Gasteiger charge is -2.18. The molecule has 0 N–H and O–H groups in total. The number of rotatable bonds is 8. The number of para-hydroxylation sites is 3. The Morgan fingerprint density at radius 1 is 0.250 bits per heavy atom. The Bertz CT molecular complexity index is 3840. The van der Waals surface area contributed by atoms with Gasteiger partial charge >= 0.3 is 0 Å². The molecule has 0 fully saturated rings. The molecule has 13 aromatic rings. The summed E-state index contributed by atoms with van der Waals surface area (Å²) in [4.78, 5) is 16.0. The molecule has 10 aromatic carbocycles. The molecule has 318 valence electrons. The summed E-state index contributed by atoms with van der Waals surface area (Å²) in [6.45, 7) is 0. The Balaban J connectivity index is 1.15. The van der Waals surface area contributed by atoms with E-state index in [1.54, 1.807) is 0 Å². The maximum absolute atomic E-state index is 5.42. The fraction of sp³-hybridized carbons (Fsp3) is 0. The lowest BCUT2D eigenvalue weighted by atomic mass is 9.98. The first-order valence-corrected chi connectivity index (χ1v) is 23.0. The molecule has 5 heteroatoms. The van der Waals surface area contributed by atoms with E-state index in [-0.39, 0.29) is 0 Å². The average Bonchev–Trinajstić information content (AvgIpc) is 3.94. The van der Waals surface area contributed by atoms with Gasteiger partial charge in [0.2, 0.25) is 0 Å². The molecule has 0 unspecified atom stereocenters. The molecule has 0 aliphatic carbocycles. The summed E-state index contributed by atoms with van der Waals surface area (Å²) in [5.41, 5.74) is 16.0. The van der Waals surface area contributed by atoms with E-state index in [4.69, 9.17) is 15.0 Å². The minimum atomic E-state index is 0.582. The third-order valence-corrected chi connectivity index (χ3v) is 13.2. The smallest absolute Gasteiger partial charge is 0.166 e. The van der Waals surface area contributed by atoms with E-state index in [2.05, 4.69) is 221 Å². The molecule has 13 rings (SSSR count). The monoisotopic (exact) mass is 867 g/mol. The standard InChI is InChI=1S/C63H41N5/c1-6-19-42(20-7-1)46-33-36-52-53-37-34-47(43-21-8-2-9-22-43)41-59(53)68(58(52)40-46)57-38-35-48(50-30-18-31-54-51-29-16-17-32-56(51)67(60(50)54)49-27-14-5-15-28-49)39-55(57)63-65-61(44-23-10-3-11-24-44)64-62(66-63)45-25-12-4-13-26-45/h1-41H. The van der Waals surface area contributed by atoms with Gasteiger partial charge in [0.25, 0.3) is 0 Å². The van der Waals surface area contributed by atoms with Gasteiger partial charge in [-0.25, -0.2) is 15.0 Å². The molecule has 0 radical (unpaired) electrons. The first-order chi connectivity index (χ1) is 33.7. The Kier molecular flexibility index (Phi) is 9.43. The van der Waals surface area contributed by atoms with E-state index in [9.17, 15) is 0 Å². The van der Waals surface area contributed by atoms with Crippen molar-refractivity contribution in [1.82, 2.24) is 24.1 Å². The molecule has 0 aliphatic rings. The van der Waals surface area contributed by atoms with Crippen molar-refractivity contribution in [3.63, 3.8) is 0 Å². The van der Waals surface area contributed by atoms with Crippen LogP contribution in [0.2, 0.25) is 0 Å². The molecule has 0 saturated carbocycles. The number of benzene rings is 10. The van der Waals surface area contributed by atoms with Crippen LogP contribution in [0.1, 0.15) is 0 Å². The molecule has 0 spiro atoms. The van der Waals surface area contributed by atoms with E-state index >= 15 is 0 Å². The Labute approximate surface area is 393 Å². The average molecular weight is 868 g/mol. The van der Waals surface area contributed by atoms with Crippen LogP contribution >= 0.6 is 0 Å². The molecule has 5 nitrogen and oxygen atoms in total. The van der Waals surface area contributed by atoms with Gasteiger partial charge < -0.3 is 9.13 Å². The summed E-state index contributed by atoms with van der Waals surface area (Å²) in [7, 11) is 0. The zero-order chi connectivity index (χ0) is 45.0. The predicted molar refractivity (Wildman–Crippen MR) is 281 cm³/mol. The quantitative estimate of drug-likeness (QED) is 0.153. The zero-order valence-electron chi connectivity index (χ0n) is 36.9. The highest BCUT2D eigenvalue weighted by Gasteiger charge is 2.23. The lowest BCUT2D eigenvalue weighted by molar-refractivity contribution is 1.06. The minimum Gasteiger partial charge on any atom is -0.309 e. The van der Waals surface area contributed by atoms with Crippen LogP contribution in [0.15, 0.2) is 249 Å². The largest absolute Gasteiger partial charge is 0.309 e. The van der Waals surface area contributed by atoms with Crippen LogP contribution in [0.4, 0.5) is 0 Å². The van der Waals surface area contributed by atoms with E-state index in [0.29, 0.717) is 17.5 Å². The first-order valence-electron chi connectivity index (χ1n) is 23.0. The van der Waals surface area contributed by atoms with Crippen LogP contribution in [0, 0.1) is 0 Å². The molecule has 0 bridgehead atoms. The normalized spacial score (nSPS) is 11.5. The fourth-order valence-corrected chi connectivity index (χ4v) is 10.0. The second-order valence-corrected chi connectivity index (χ2v) is 17.2. The molecule has 0 aliphatic heterocycles. The van der Waals surface area contributed by atoms with Crippen LogP contribution < -0.4 is 0 Å². The van der Waals surface area contributed by atoms with Crippen LogP contribution in [0.25, 0.3) is 123 Å². The summed E-state index contributed by atoms with van der Waals surface area (Å²) in [6, 6.07) is 88.3. The van der Waals surface area contributed by atoms with Crippen molar-refractivity contribution in [3.05, 3.63) is 249 Å². The van der Waals surface area contributed by atoms with Crippen molar-refractivity contribution >= 4 is 43.6 Å². The van der Waals surface area contributed by atoms with Gasteiger partial charge in [0.1, 0.15) is 0 Å². The van der Waals surface area contributed by atoms with E-state index < -0.39 is 0 Å². The van der Waals surface area contributed by atoms with Gasteiger partial charge in [-0.1, -0.05) is 206 Å². The fourth-order valence-electron chi connectivity index (χ4n) is 10.0. The van der Waals surface area contributed by atoms with Gasteiger partial charge in [0, 0.05) is 49.5 Å².